The second kappa shape index (κ2) is 7.47. The third-order valence-corrected chi connectivity index (χ3v) is 4.93. The quantitative estimate of drug-likeness (QED) is 0.509. The van der Waals surface area contributed by atoms with E-state index in [4.69, 9.17) is 8.94 Å². The Morgan fingerprint density at radius 2 is 1.87 bits per heavy atom. The molecule has 30 heavy (non-hydrogen) atoms. The van der Waals surface area contributed by atoms with Gasteiger partial charge in [0.05, 0.1) is 6.26 Å². The number of carbonyl (C=O) groups is 1. The van der Waals surface area contributed by atoms with Crippen LogP contribution in [0.1, 0.15) is 16.3 Å². The van der Waals surface area contributed by atoms with Crippen LogP contribution in [-0.4, -0.2) is 61.9 Å². The van der Waals surface area contributed by atoms with Crippen molar-refractivity contribution in [3.05, 3.63) is 60.5 Å². The molecule has 5 rings (SSSR count). The maximum absolute atomic E-state index is 12.8. The number of anilines is 1. The fourth-order valence-electron chi connectivity index (χ4n) is 3.43. The Hall–Kier alpha value is -3.95. The van der Waals surface area contributed by atoms with Gasteiger partial charge in [-0.2, -0.15) is 5.10 Å². The minimum atomic E-state index is -0.160. The maximum atomic E-state index is 12.8. The van der Waals surface area contributed by atoms with Gasteiger partial charge in [-0.05, 0) is 25.1 Å². The number of hydrogen-bond donors (Lipinski definition) is 0. The van der Waals surface area contributed by atoms with E-state index in [0.717, 1.165) is 5.82 Å². The molecule has 0 bridgehead atoms. The molecule has 0 spiro atoms. The van der Waals surface area contributed by atoms with Crippen molar-refractivity contribution in [1.29, 1.82) is 0 Å². The summed E-state index contributed by atoms with van der Waals surface area (Å²) in [5.74, 6) is 3.02. The van der Waals surface area contributed by atoms with Gasteiger partial charge in [0.25, 0.3) is 5.91 Å². The van der Waals surface area contributed by atoms with E-state index in [0.29, 0.717) is 49.3 Å². The third-order valence-electron chi connectivity index (χ3n) is 4.93. The van der Waals surface area contributed by atoms with E-state index in [1.165, 1.54) is 0 Å². The monoisotopic (exact) mass is 405 g/mol. The molecule has 1 aliphatic heterocycles. The number of amides is 1. The van der Waals surface area contributed by atoms with E-state index in [1.807, 2.05) is 25.3 Å². The smallest absolute Gasteiger partial charge is 0.276 e. The van der Waals surface area contributed by atoms with Gasteiger partial charge in [-0.3, -0.25) is 4.79 Å². The van der Waals surface area contributed by atoms with Crippen molar-refractivity contribution in [2.45, 2.75) is 6.92 Å². The lowest BCUT2D eigenvalue weighted by Gasteiger charge is -2.35. The standard InChI is InChI=1S/C20H19N7O3/c1-14-22-18(13-19(23-14)27-6-3-5-21-27)25-7-9-26(10-8-25)20(28)15-12-17(30-24-15)16-4-2-11-29-16/h2-6,11-13H,7-10H2,1H3. The Balaban J connectivity index is 1.27. The summed E-state index contributed by atoms with van der Waals surface area (Å²) in [7, 11) is 0. The Kier molecular flexibility index (Phi) is 4.51. The molecular formula is C20H19N7O3. The molecule has 0 atom stereocenters. The zero-order valence-corrected chi connectivity index (χ0v) is 16.3. The van der Waals surface area contributed by atoms with Crippen LogP contribution >= 0.6 is 0 Å². The number of aromatic nitrogens is 5. The minimum absolute atomic E-state index is 0.160. The number of rotatable bonds is 4. The normalized spacial score (nSPS) is 14.3. The van der Waals surface area contributed by atoms with Crippen molar-refractivity contribution < 1.29 is 13.7 Å². The topological polar surface area (TPSA) is 106 Å². The van der Waals surface area contributed by atoms with E-state index < -0.39 is 0 Å². The van der Waals surface area contributed by atoms with Gasteiger partial charge in [-0.15, -0.1) is 0 Å². The predicted molar refractivity (Wildman–Crippen MR) is 106 cm³/mol. The van der Waals surface area contributed by atoms with Crippen molar-refractivity contribution in [2.75, 3.05) is 31.1 Å². The number of furan rings is 1. The predicted octanol–water partition coefficient (Wildman–Crippen LogP) is 2.18. The minimum Gasteiger partial charge on any atom is -0.461 e. The average Bonchev–Trinajstić information content (AvgIpc) is 3.55. The third kappa shape index (κ3) is 3.43. The molecule has 4 aromatic rings. The van der Waals surface area contributed by atoms with E-state index in [1.54, 1.807) is 40.2 Å². The van der Waals surface area contributed by atoms with Gasteiger partial charge in [-0.1, -0.05) is 5.16 Å². The number of carbonyl (C=O) groups excluding carboxylic acids is 1. The summed E-state index contributed by atoms with van der Waals surface area (Å²) in [6, 6.07) is 8.88. The lowest BCUT2D eigenvalue weighted by molar-refractivity contribution is 0.0736. The average molecular weight is 405 g/mol. The molecule has 1 amide bonds. The van der Waals surface area contributed by atoms with E-state index >= 15 is 0 Å². The lowest BCUT2D eigenvalue weighted by Crippen LogP contribution is -2.49. The van der Waals surface area contributed by atoms with Crippen molar-refractivity contribution in [3.63, 3.8) is 0 Å². The first-order valence-corrected chi connectivity index (χ1v) is 9.58. The van der Waals surface area contributed by atoms with E-state index in [2.05, 4.69) is 25.1 Å². The highest BCUT2D eigenvalue weighted by molar-refractivity contribution is 5.93. The first-order valence-electron chi connectivity index (χ1n) is 9.58. The molecule has 10 heteroatoms. The van der Waals surface area contributed by atoms with Crippen LogP contribution in [0.5, 0.6) is 0 Å². The number of aryl methyl sites for hydroxylation is 1. The highest BCUT2D eigenvalue weighted by Gasteiger charge is 2.26. The molecule has 0 N–H and O–H groups in total. The molecule has 0 radical (unpaired) electrons. The van der Waals surface area contributed by atoms with Crippen LogP contribution in [0.2, 0.25) is 0 Å². The second-order valence-electron chi connectivity index (χ2n) is 6.92. The molecular weight excluding hydrogens is 386 g/mol. The lowest BCUT2D eigenvalue weighted by atomic mass is 10.2. The fraction of sp³-hybridized carbons (Fsp3) is 0.250. The second-order valence-corrected chi connectivity index (χ2v) is 6.92. The summed E-state index contributed by atoms with van der Waals surface area (Å²) in [6.07, 6.45) is 5.10. The van der Waals surface area contributed by atoms with Gasteiger partial charge in [0, 0.05) is 50.7 Å². The molecule has 10 nitrogen and oxygen atoms in total. The van der Waals surface area contributed by atoms with Crippen LogP contribution < -0.4 is 4.90 Å². The Morgan fingerprint density at radius 3 is 2.60 bits per heavy atom. The molecule has 4 aromatic heterocycles. The van der Waals surface area contributed by atoms with Crippen LogP contribution in [0, 0.1) is 6.92 Å². The van der Waals surface area contributed by atoms with Crippen molar-refractivity contribution in [2.24, 2.45) is 0 Å². The summed E-state index contributed by atoms with van der Waals surface area (Å²) in [5.41, 5.74) is 0.272. The SMILES string of the molecule is Cc1nc(N2CCN(C(=O)c3cc(-c4ccco4)on3)CC2)cc(-n2cccn2)n1. The van der Waals surface area contributed by atoms with Crippen LogP contribution in [-0.2, 0) is 0 Å². The van der Waals surface area contributed by atoms with E-state index in [-0.39, 0.29) is 11.6 Å². The summed E-state index contributed by atoms with van der Waals surface area (Å²) in [4.78, 5) is 25.7. The highest BCUT2D eigenvalue weighted by atomic mass is 16.5. The van der Waals surface area contributed by atoms with Crippen LogP contribution in [0.4, 0.5) is 5.82 Å². The van der Waals surface area contributed by atoms with Gasteiger partial charge in [-0.25, -0.2) is 14.6 Å². The molecule has 5 heterocycles. The molecule has 0 aliphatic carbocycles. The number of piperazine rings is 1. The van der Waals surface area contributed by atoms with Crippen molar-refractivity contribution >= 4 is 11.7 Å². The van der Waals surface area contributed by atoms with Gasteiger partial charge in [0.1, 0.15) is 11.6 Å². The zero-order chi connectivity index (χ0) is 20.5. The molecule has 0 saturated carbocycles. The summed E-state index contributed by atoms with van der Waals surface area (Å²) >= 11 is 0. The van der Waals surface area contributed by atoms with Gasteiger partial charge < -0.3 is 18.7 Å². The molecule has 152 valence electrons. The van der Waals surface area contributed by atoms with Crippen LogP contribution in [0.25, 0.3) is 17.3 Å². The van der Waals surface area contributed by atoms with Gasteiger partial charge >= 0.3 is 0 Å². The first-order chi connectivity index (χ1) is 14.7. The largest absolute Gasteiger partial charge is 0.461 e. The Morgan fingerprint density at radius 1 is 1.03 bits per heavy atom. The Labute approximate surface area is 171 Å². The summed E-state index contributed by atoms with van der Waals surface area (Å²) in [6.45, 7) is 4.29. The first kappa shape index (κ1) is 18.1. The number of nitrogens with zero attached hydrogens (tertiary/aromatic N) is 7. The fourth-order valence-corrected chi connectivity index (χ4v) is 3.43. The maximum Gasteiger partial charge on any atom is 0.276 e. The summed E-state index contributed by atoms with van der Waals surface area (Å²) < 4.78 is 12.2. The zero-order valence-electron chi connectivity index (χ0n) is 16.3. The van der Waals surface area contributed by atoms with Gasteiger partial charge in [0.15, 0.2) is 17.3 Å². The van der Waals surface area contributed by atoms with Crippen molar-refractivity contribution in [3.8, 4) is 17.3 Å². The molecule has 0 aromatic carbocycles. The molecule has 1 fully saturated rings. The summed E-state index contributed by atoms with van der Waals surface area (Å²) in [5, 5.41) is 8.14. The number of hydrogen-bond acceptors (Lipinski definition) is 8. The molecule has 1 aliphatic rings. The van der Waals surface area contributed by atoms with Gasteiger partial charge in [0.2, 0.25) is 5.76 Å². The Bertz CT molecular complexity index is 1140. The van der Waals surface area contributed by atoms with Crippen LogP contribution in [0.3, 0.4) is 0 Å². The molecule has 0 unspecified atom stereocenters. The molecule has 1 saturated heterocycles. The van der Waals surface area contributed by atoms with Crippen molar-refractivity contribution in [1.82, 2.24) is 29.8 Å². The highest BCUT2D eigenvalue weighted by Crippen LogP contribution is 2.22. The van der Waals surface area contributed by atoms with E-state index in [9.17, 15) is 4.79 Å². The van der Waals surface area contributed by atoms with Crippen LogP contribution in [0.15, 0.2) is 57.9 Å².